The number of hydrogen-bond acceptors (Lipinski definition) is 4. The van der Waals surface area contributed by atoms with Gasteiger partial charge < -0.3 is 14.2 Å². The highest BCUT2D eigenvalue weighted by atomic mass is 16.6. The number of fused-ring (bicyclic) bond motifs is 2. The Morgan fingerprint density at radius 1 is 1.19 bits per heavy atom. The zero-order valence-corrected chi connectivity index (χ0v) is 12.6. The predicted molar refractivity (Wildman–Crippen MR) is 77.9 cm³/mol. The number of ether oxygens (including phenoxy) is 3. The van der Waals surface area contributed by atoms with Gasteiger partial charge in [0.05, 0.1) is 26.4 Å². The summed E-state index contributed by atoms with van der Waals surface area (Å²) in [5, 5.41) is 0. The molecule has 1 aromatic carbocycles. The van der Waals surface area contributed by atoms with Crippen LogP contribution in [-0.4, -0.2) is 43.9 Å². The van der Waals surface area contributed by atoms with E-state index in [1.165, 1.54) is 36.9 Å². The second-order valence-electron chi connectivity index (χ2n) is 6.81. The van der Waals surface area contributed by atoms with E-state index in [0.717, 1.165) is 18.0 Å². The Kier molecular flexibility index (Phi) is 2.30. The molecule has 0 N–H and O–H groups in total. The Morgan fingerprint density at radius 2 is 2.00 bits per heavy atom. The molecule has 0 amide bonds. The molecule has 5 rings (SSSR count). The molecular weight excluding hydrogens is 266 g/mol. The lowest BCUT2D eigenvalue weighted by Crippen LogP contribution is -2.52. The first-order chi connectivity index (χ1) is 10.3. The van der Waals surface area contributed by atoms with Gasteiger partial charge in [0.1, 0.15) is 0 Å². The largest absolute Gasteiger partial charge is 0.493 e. The molecule has 112 valence electrons. The Bertz CT molecular complexity index is 616. The predicted octanol–water partition coefficient (Wildman–Crippen LogP) is 2.09. The number of epoxide rings is 1. The molecule has 1 unspecified atom stereocenters. The van der Waals surface area contributed by atoms with E-state index in [-0.39, 0.29) is 5.41 Å². The minimum Gasteiger partial charge on any atom is -0.493 e. The summed E-state index contributed by atoms with van der Waals surface area (Å²) in [6.07, 6.45) is 4.66. The molecule has 3 heterocycles. The Hall–Kier alpha value is -1.26. The molecule has 3 fully saturated rings. The Morgan fingerprint density at radius 3 is 2.81 bits per heavy atom. The first-order valence-corrected chi connectivity index (χ1v) is 7.93. The standard InChI is InChI=1S/C17H21NO3/c1-19-13-7-10-9-18-6-5-17(11(10)8-14(13)20-2)15(18)4-3-12-16(17)21-12/h7-8,12,15-16H,3-6,9H2,1-2H3/t12-,15+,16+,17-/m0/s1. The van der Waals surface area contributed by atoms with Crippen LogP contribution in [0.1, 0.15) is 30.4 Å². The van der Waals surface area contributed by atoms with Crippen molar-refractivity contribution in [3.05, 3.63) is 23.3 Å². The van der Waals surface area contributed by atoms with Crippen LogP contribution >= 0.6 is 0 Å². The first kappa shape index (κ1) is 12.3. The van der Waals surface area contributed by atoms with E-state index in [1.807, 2.05) is 0 Å². The van der Waals surface area contributed by atoms with Crippen molar-refractivity contribution in [2.45, 2.75) is 49.5 Å². The summed E-state index contributed by atoms with van der Waals surface area (Å²) in [4.78, 5) is 2.66. The number of methoxy groups -OCH3 is 2. The lowest BCUT2D eigenvalue weighted by atomic mass is 9.63. The average molecular weight is 287 g/mol. The molecule has 0 aromatic heterocycles. The van der Waals surface area contributed by atoms with E-state index in [9.17, 15) is 0 Å². The van der Waals surface area contributed by atoms with Gasteiger partial charge in [-0.25, -0.2) is 0 Å². The molecule has 21 heavy (non-hydrogen) atoms. The average Bonchev–Trinajstić information content (AvgIpc) is 3.26. The molecule has 1 aromatic rings. The van der Waals surface area contributed by atoms with Crippen molar-refractivity contribution in [3.8, 4) is 11.5 Å². The highest BCUT2D eigenvalue weighted by Gasteiger charge is 2.67. The fourth-order valence-electron chi connectivity index (χ4n) is 5.25. The van der Waals surface area contributed by atoms with Crippen molar-refractivity contribution < 1.29 is 14.2 Å². The summed E-state index contributed by atoms with van der Waals surface area (Å²) < 4.78 is 17.1. The maximum absolute atomic E-state index is 6.06. The van der Waals surface area contributed by atoms with E-state index in [4.69, 9.17) is 14.2 Å². The van der Waals surface area contributed by atoms with Crippen molar-refractivity contribution in [1.29, 1.82) is 0 Å². The van der Waals surface area contributed by atoms with Gasteiger partial charge in [0, 0.05) is 18.0 Å². The van der Waals surface area contributed by atoms with Gasteiger partial charge in [-0.05, 0) is 49.1 Å². The van der Waals surface area contributed by atoms with Gasteiger partial charge >= 0.3 is 0 Å². The highest BCUT2D eigenvalue weighted by molar-refractivity contribution is 5.54. The van der Waals surface area contributed by atoms with E-state index >= 15 is 0 Å². The van der Waals surface area contributed by atoms with Gasteiger partial charge in [0.2, 0.25) is 0 Å². The molecule has 4 heteroatoms. The van der Waals surface area contributed by atoms with Crippen LogP contribution in [0.5, 0.6) is 11.5 Å². The van der Waals surface area contributed by atoms with Crippen LogP contribution < -0.4 is 9.47 Å². The molecule has 5 atom stereocenters. The van der Waals surface area contributed by atoms with Crippen LogP contribution in [0.4, 0.5) is 0 Å². The third kappa shape index (κ3) is 1.38. The van der Waals surface area contributed by atoms with E-state index in [0.29, 0.717) is 18.2 Å². The van der Waals surface area contributed by atoms with Gasteiger partial charge in [-0.3, -0.25) is 4.90 Å². The van der Waals surface area contributed by atoms with E-state index in [2.05, 4.69) is 17.0 Å². The smallest absolute Gasteiger partial charge is 0.161 e. The molecular formula is C17H21NO3. The monoisotopic (exact) mass is 287 g/mol. The van der Waals surface area contributed by atoms with Crippen molar-refractivity contribution in [2.75, 3.05) is 20.8 Å². The zero-order chi connectivity index (χ0) is 14.2. The Balaban J connectivity index is 1.72. The van der Waals surface area contributed by atoms with Gasteiger partial charge in [-0.1, -0.05) is 0 Å². The molecule has 3 aliphatic heterocycles. The summed E-state index contributed by atoms with van der Waals surface area (Å²) in [6.45, 7) is 2.23. The summed E-state index contributed by atoms with van der Waals surface area (Å²) in [5.74, 6) is 1.70. The third-order valence-corrected chi connectivity index (χ3v) is 6.15. The molecule has 2 saturated heterocycles. The summed E-state index contributed by atoms with van der Waals surface area (Å²) in [7, 11) is 3.43. The maximum Gasteiger partial charge on any atom is 0.161 e. The summed E-state index contributed by atoms with van der Waals surface area (Å²) in [6, 6.07) is 5.07. The highest BCUT2D eigenvalue weighted by Crippen LogP contribution is 2.60. The third-order valence-electron chi connectivity index (χ3n) is 6.15. The normalized spacial score (nSPS) is 41.8. The number of hydrogen-bond donors (Lipinski definition) is 0. The van der Waals surface area contributed by atoms with Crippen LogP contribution in [0.3, 0.4) is 0 Å². The molecule has 4 nitrogen and oxygen atoms in total. The van der Waals surface area contributed by atoms with Crippen LogP contribution in [0, 0.1) is 0 Å². The lowest BCUT2D eigenvalue weighted by Gasteiger charge is -2.45. The fourth-order valence-corrected chi connectivity index (χ4v) is 5.25. The lowest BCUT2D eigenvalue weighted by molar-refractivity contribution is 0.138. The number of nitrogens with zero attached hydrogens (tertiary/aromatic N) is 1. The maximum atomic E-state index is 6.06. The minimum absolute atomic E-state index is 0.204. The second kappa shape index (κ2) is 3.93. The number of benzene rings is 1. The van der Waals surface area contributed by atoms with Crippen LogP contribution in [-0.2, 0) is 16.7 Å². The van der Waals surface area contributed by atoms with Crippen molar-refractivity contribution in [2.24, 2.45) is 0 Å². The molecule has 4 aliphatic rings. The van der Waals surface area contributed by atoms with Crippen LogP contribution in [0.15, 0.2) is 12.1 Å². The molecule has 1 saturated carbocycles. The fraction of sp³-hybridized carbons (Fsp3) is 0.647. The second-order valence-corrected chi connectivity index (χ2v) is 6.81. The molecule has 0 radical (unpaired) electrons. The zero-order valence-electron chi connectivity index (χ0n) is 12.6. The summed E-state index contributed by atoms with van der Waals surface area (Å²) in [5.41, 5.74) is 3.07. The topological polar surface area (TPSA) is 34.2 Å². The minimum atomic E-state index is 0.204. The van der Waals surface area contributed by atoms with Gasteiger partial charge in [0.25, 0.3) is 0 Å². The van der Waals surface area contributed by atoms with Gasteiger partial charge in [-0.2, -0.15) is 0 Å². The van der Waals surface area contributed by atoms with E-state index in [1.54, 1.807) is 14.2 Å². The first-order valence-electron chi connectivity index (χ1n) is 7.93. The van der Waals surface area contributed by atoms with Crippen LogP contribution in [0.25, 0.3) is 0 Å². The molecule has 2 bridgehead atoms. The molecule has 1 aliphatic carbocycles. The number of rotatable bonds is 2. The van der Waals surface area contributed by atoms with Crippen molar-refractivity contribution in [1.82, 2.24) is 4.90 Å². The molecule has 0 spiro atoms. The van der Waals surface area contributed by atoms with Crippen molar-refractivity contribution >= 4 is 0 Å². The Labute approximate surface area is 125 Å². The quantitative estimate of drug-likeness (QED) is 0.780. The SMILES string of the molecule is COc1cc2c(cc1OC)[C@@]13CCN(C2)[C@@H]1CC[C@@H]1O[C@H]13. The van der Waals surface area contributed by atoms with Gasteiger partial charge in [0.15, 0.2) is 11.5 Å². The van der Waals surface area contributed by atoms with E-state index < -0.39 is 0 Å². The van der Waals surface area contributed by atoms with Crippen LogP contribution in [0.2, 0.25) is 0 Å². The summed E-state index contributed by atoms with van der Waals surface area (Å²) >= 11 is 0. The van der Waals surface area contributed by atoms with Gasteiger partial charge in [-0.15, -0.1) is 0 Å². The van der Waals surface area contributed by atoms with Crippen molar-refractivity contribution in [3.63, 3.8) is 0 Å².